The van der Waals surface area contributed by atoms with E-state index in [0.29, 0.717) is 0 Å². The summed E-state index contributed by atoms with van der Waals surface area (Å²) in [4.78, 5) is 0.963. The lowest BCUT2D eigenvalue weighted by Gasteiger charge is -1.87. The molecule has 0 fully saturated rings. The van der Waals surface area contributed by atoms with Crippen molar-refractivity contribution in [2.75, 3.05) is 5.84 Å². The van der Waals surface area contributed by atoms with Crippen molar-refractivity contribution in [1.29, 1.82) is 0 Å². The average Bonchev–Trinajstić information content (AvgIpc) is 2.77. The topological polar surface area (TPSA) is 176 Å². The van der Waals surface area contributed by atoms with Crippen LogP contribution in [0.3, 0.4) is 0 Å². The van der Waals surface area contributed by atoms with Crippen molar-refractivity contribution >= 4 is 0 Å². The fourth-order valence-electron chi connectivity index (χ4n) is 0.597. The number of H-pyrrole nitrogens is 1. The molecule has 0 aliphatic heterocycles. The van der Waals surface area contributed by atoms with Crippen molar-refractivity contribution in [3.05, 3.63) is 0 Å². The lowest BCUT2D eigenvalue weighted by atomic mass is 10.6. The van der Waals surface area contributed by atoms with Crippen molar-refractivity contribution in [1.82, 2.24) is 40.9 Å². The molecule has 0 bridgehead atoms. The molecule has 0 spiro atoms. The second-order valence-corrected chi connectivity index (χ2v) is 1.68. The molecule has 2 rings (SSSR count). The summed E-state index contributed by atoms with van der Waals surface area (Å²) in [5.41, 5.74) is 0. The van der Waals surface area contributed by atoms with Crippen LogP contribution in [0.2, 0.25) is 0 Å². The third kappa shape index (κ3) is 1.71. The molecular formula is C2H7N11. The van der Waals surface area contributed by atoms with Crippen LogP contribution in [0.1, 0.15) is 0 Å². The minimum Gasteiger partial charge on any atom is -0.320 e. The Morgan fingerprint density at radius 3 is 2.46 bits per heavy atom. The Bertz CT molecular complexity index is 331. The van der Waals surface area contributed by atoms with Gasteiger partial charge in [-0.25, -0.2) is 0 Å². The molecule has 0 aromatic carbocycles. The first-order valence-electron chi connectivity index (χ1n) is 2.98. The molecule has 11 nitrogen and oxygen atoms in total. The highest BCUT2D eigenvalue weighted by Gasteiger charge is 2.09. The number of tetrazole rings is 2. The molecule has 13 heavy (non-hydrogen) atoms. The van der Waals surface area contributed by atoms with Gasteiger partial charge in [0.15, 0.2) is 0 Å². The maximum atomic E-state index is 5.29. The van der Waals surface area contributed by atoms with E-state index in [4.69, 9.17) is 5.84 Å². The Labute approximate surface area is 71.2 Å². The van der Waals surface area contributed by atoms with Gasteiger partial charge in [-0.1, -0.05) is 0 Å². The molecule has 0 aliphatic carbocycles. The van der Waals surface area contributed by atoms with E-state index in [0.717, 1.165) is 4.79 Å². The van der Waals surface area contributed by atoms with Gasteiger partial charge in [0.05, 0.1) is 0 Å². The summed E-state index contributed by atoms with van der Waals surface area (Å²) in [6.07, 6.45) is 0. The van der Waals surface area contributed by atoms with Gasteiger partial charge in [0.2, 0.25) is 11.6 Å². The Hall–Kier alpha value is -2.14. The molecule has 2 aromatic rings. The number of nitrogens with one attached hydrogen (secondary N) is 1. The lowest BCUT2D eigenvalue weighted by Crippen LogP contribution is -2.12. The molecule has 0 atom stereocenters. The Kier molecular flexibility index (Phi) is 2.77. The van der Waals surface area contributed by atoms with Crippen molar-refractivity contribution in [2.45, 2.75) is 0 Å². The largest absolute Gasteiger partial charge is 0.320 e. The van der Waals surface area contributed by atoms with Gasteiger partial charge in [-0.15, -0.1) is 20.1 Å². The number of nitrogens with two attached hydrogens (primary N) is 3. The average molecular weight is 185 g/mol. The van der Waals surface area contributed by atoms with Crippen molar-refractivity contribution in [3.63, 3.8) is 0 Å². The van der Waals surface area contributed by atoms with Crippen LogP contribution in [-0.2, 0) is 0 Å². The second-order valence-electron chi connectivity index (χ2n) is 1.68. The first-order chi connectivity index (χ1) is 6.38. The van der Waals surface area contributed by atoms with Crippen LogP contribution < -0.4 is 17.5 Å². The number of aromatic nitrogens is 8. The molecule has 0 unspecified atom stereocenters. The molecule has 2 heterocycles. The highest BCUT2D eigenvalue weighted by atomic mass is 15.6. The number of nitrogen functional groups attached to an aromatic ring is 1. The van der Waals surface area contributed by atoms with Gasteiger partial charge in [0.25, 0.3) is 0 Å². The van der Waals surface area contributed by atoms with E-state index in [9.17, 15) is 0 Å². The van der Waals surface area contributed by atoms with Crippen LogP contribution in [0.4, 0.5) is 0 Å². The summed E-state index contributed by atoms with van der Waals surface area (Å²) >= 11 is 0. The van der Waals surface area contributed by atoms with Crippen LogP contribution >= 0.6 is 0 Å². The highest BCUT2D eigenvalue weighted by Crippen LogP contribution is 2.02. The predicted molar refractivity (Wildman–Crippen MR) is 39.5 cm³/mol. The number of rotatable bonds is 1. The van der Waals surface area contributed by atoms with Gasteiger partial charge in [0, 0.05) is 0 Å². The van der Waals surface area contributed by atoms with E-state index in [-0.39, 0.29) is 11.6 Å². The third-order valence-corrected chi connectivity index (χ3v) is 1.04. The summed E-state index contributed by atoms with van der Waals surface area (Å²) in [5, 5.41) is 23.1. The van der Waals surface area contributed by atoms with Gasteiger partial charge < -0.3 is 5.84 Å². The minimum absolute atomic E-state index is 0.262. The lowest BCUT2D eigenvalue weighted by molar-refractivity contribution is 0.757. The fourth-order valence-corrected chi connectivity index (χ4v) is 0.597. The number of hydrogen-bond donors (Lipinski definition) is 4. The molecule has 0 amide bonds. The molecule has 7 N–H and O–H groups in total. The van der Waals surface area contributed by atoms with E-state index >= 15 is 0 Å². The summed E-state index contributed by atoms with van der Waals surface area (Å²) in [6, 6.07) is 0. The monoisotopic (exact) mass is 185 g/mol. The maximum absolute atomic E-state index is 5.29. The molecule has 0 radical (unpaired) electrons. The van der Waals surface area contributed by atoms with Gasteiger partial charge in [-0.05, 0) is 15.6 Å². The quantitative estimate of drug-likeness (QED) is 0.258. The van der Waals surface area contributed by atoms with Crippen LogP contribution in [0, 0.1) is 0 Å². The smallest absolute Gasteiger partial charge is 0.245 e. The van der Waals surface area contributed by atoms with Crippen LogP contribution in [-0.4, -0.2) is 40.9 Å². The molecule has 0 saturated carbocycles. The normalized spacial score (nSPS) is 9.08. The zero-order valence-electron chi connectivity index (χ0n) is 6.36. The first kappa shape index (κ1) is 8.95. The van der Waals surface area contributed by atoms with Gasteiger partial charge in [-0.3, -0.25) is 11.7 Å². The number of hydrazine groups is 1. The van der Waals surface area contributed by atoms with Gasteiger partial charge >= 0.3 is 0 Å². The predicted octanol–water partition coefficient (Wildman–Crippen LogP) is -3.61. The first-order valence-corrected chi connectivity index (χ1v) is 2.98. The van der Waals surface area contributed by atoms with Gasteiger partial charge in [-0.2, -0.15) is 5.21 Å². The van der Waals surface area contributed by atoms with Crippen molar-refractivity contribution < 1.29 is 0 Å². The van der Waals surface area contributed by atoms with Crippen LogP contribution in [0.15, 0.2) is 0 Å². The van der Waals surface area contributed by atoms with Crippen molar-refractivity contribution in [3.8, 4) is 11.6 Å². The van der Waals surface area contributed by atoms with E-state index < -0.39 is 0 Å². The zero-order chi connectivity index (χ0) is 9.68. The maximum Gasteiger partial charge on any atom is 0.245 e. The summed E-state index contributed by atoms with van der Waals surface area (Å²) in [7, 11) is 0. The summed E-state index contributed by atoms with van der Waals surface area (Å²) < 4.78 is 0. The third-order valence-electron chi connectivity index (χ3n) is 1.04. The molecule has 11 heteroatoms. The van der Waals surface area contributed by atoms with Crippen LogP contribution in [0.5, 0.6) is 0 Å². The van der Waals surface area contributed by atoms with Gasteiger partial charge in [0.1, 0.15) is 0 Å². The van der Waals surface area contributed by atoms with E-state index in [1.165, 1.54) is 0 Å². The number of hydrogen-bond acceptors (Lipinski definition) is 9. The Morgan fingerprint density at radius 1 is 1.23 bits per heavy atom. The zero-order valence-corrected chi connectivity index (χ0v) is 6.36. The SMILES string of the molecule is NN.Nn1nnnc1-c1nn[nH]n1. The minimum atomic E-state index is 0.262. The van der Waals surface area contributed by atoms with Crippen LogP contribution in [0.25, 0.3) is 11.6 Å². The number of aromatic amines is 1. The summed E-state index contributed by atoms with van der Waals surface area (Å²) in [6.45, 7) is 0. The second kappa shape index (κ2) is 4.03. The van der Waals surface area contributed by atoms with E-state index in [2.05, 4.69) is 47.8 Å². The number of nitrogens with zero attached hydrogens (tertiary/aromatic N) is 7. The molecule has 0 saturated heterocycles. The molecule has 0 aliphatic rings. The van der Waals surface area contributed by atoms with Crippen molar-refractivity contribution in [2.24, 2.45) is 11.7 Å². The highest BCUT2D eigenvalue weighted by molar-refractivity contribution is 5.38. The standard InChI is InChI=1S/C2H3N9.H4N2/c3-11-2(6-9-10-11)1-4-7-8-5-1;1-2/h3H2,(H,4,5,7,8);1-2H2. The molecular weight excluding hydrogens is 178 g/mol. The molecule has 70 valence electrons. The Morgan fingerprint density at radius 2 is 2.00 bits per heavy atom. The van der Waals surface area contributed by atoms with E-state index in [1.807, 2.05) is 0 Å². The molecule has 2 aromatic heterocycles. The fraction of sp³-hybridized carbons (Fsp3) is 0. The summed E-state index contributed by atoms with van der Waals surface area (Å²) in [5.74, 6) is 13.8. The Balaban J connectivity index is 0.000000396. The van der Waals surface area contributed by atoms with E-state index in [1.54, 1.807) is 0 Å².